The van der Waals surface area contributed by atoms with Gasteiger partial charge in [0.05, 0.1) is 0 Å². The highest BCUT2D eigenvalue weighted by atomic mass is 19.1. The van der Waals surface area contributed by atoms with E-state index < -0.39 is 11.6 Å². The van der Waals surface area contributed by atoms with Crippen LogP contribution in [0.15, 0.2) is 18.2 Å². The minimum Gasteiger partial charge on any atom is -0.314 e. The summed E-state index contributed by atoms with van der Waals surface area (Å²) in [5, 5.41) is 3.36. The van der Waals surface area contributed by atoms with Gasteiger partial charge < -0.3 is 5.32 Å². The SMILES string of the molecule is CCNC(C)C(CC)Cc1cc(F)cc(F)c1. The van der Waals surface area contributed by atoms with Crippen molar-refractivity contribution in [2.75, 3.05) is 6.54 Å². The molecule has 2 atom stereocenters. The molecule has 1 aromatic rings. The lowest BCUT2D eigenvalue weighted by Gasteiger charge is -2.23. The largest absolute Gasteiger partial charge is 0.314 e. The van der Waals surface area contributed by atoms with Gasteiger partial charge in [0.15, 0.2) is 0 Å². The molecule has 96 valence electrons. The Balaban J connectivity index is 2.73. The highest BCUT2D eigenvalue weighted by molar-refractivity contribution is 5.18. The first-order valence-electron chi connectivity index (χ1n) is 6.25. The Kier molecular flexibility index (Phi) is 5.56. The van der Waals surface area contributed by atoms with Crippen molar-refractivity contribution in [1.29, 1.82) is 0 Å². The van der Waals surface area contributed by atoms with Crippen LogP contribution in [0.25, 0.3) is 0 Å². The second-order valence-corrected chi connectivity index (χ2v) is 4.50. The molecule has 17 heavy (non-hydrogen) atoms. The van der Waals surface area contributed by atoms with Crippen LogP contribution in [0.4, 0.5) is 8.78 Å². The quantitative estimate of drug-likeness (QED) is 0.803. The average molecular weight is 241 g/mol. The zero-order chi connectivity index (χ0) is 12.8. The van der Waals surface area contributed by atoms with Gasteiger partial charge in [-0.2, -0.15) is 0 Å². The van der Waals surface area contributed by atoms with Crippen LogP contribution in [0.3, 0.4) is 0 Å². The topological polar surface area (TPSA) is 12.0 Å². The molecule has 1 rings (SSSR count). The lowest BCUT2D eigenvalue weighted by atomic mass is 9.90. The van der Waals surface area contributed by atoms with Gasteiger partial charge in [-0.05, 0) is 43.5 Å². The summed E-state index contributed by atoms with van der Waals surface area (Å²) in [7, 11) is 0. The summed E-state index contributed by atoms with van der Waals surface area (Å²) in [6.45, 7) is 7.20. The van der Waals surface area contributed by atoms with Crippen molar-refractivity contribution in [1.82, 2.24) is 5.32 Å². The number of hydrogen-bond donors (Lipinski definition) is 1. The van der Waals surface area contributed by atoms with Gasteiger partial charge in [0, 0.05) is 12.1 Å². The van der Waals surface area contributed by atoms with Crippen LogP contribution in [0.5, 0.6) is 0 Å². The molecule has 3 heteroatoms. The molecule has 0 spiro atoms. The summed E-state index contributed by atoms with van der Waals surface area (Å²) in [5.74, 6) is -0.590. The third-order valence-corrected chi connectivity index (χ3v) is 3.18. The van der Waals surface area contributed by atoms with E-state index in [-0.39, 0.29) is 0 Å². The van der Waals surface area contributed by atoms with Gasteiger partial charge in [0.1, 0.15) is 11.6 Å². The fourth-order valence-corrected chi connectivity index (χ4v) is 2.19. The number of rotatable bonds is 6. The van der Waals surface area contributed by atoms with Crippen molar-refractivity contribution in [3.63, 3.8) is 0 Å². The van der Waals surface area contributed by atoms with Crippen molar-refractivity contribution >= 4 is 0 Å². The van der Waals surface area contributed by atoms with Gasteiger partial charge in [-0.15, -0.1) is 0 Å². The van der Waals surface area contributed by atoms with E-state index in [4.69, 9.17) is 0 Å². The molecule has 1 nitrogen and oxygen atoms in total. The van der Waals surface area contributed by atoms with E-state index in [0.717, 1.165) is 24.6 Å². The molecule has 1 aromatic carbocycles. The molecular formula is C14H21F2N. The van der Waals surface area contributed by atoms with Crippen LogP contribution in [0.2, 0.25) is 0 Å². The van der Waals surface area contributed by atoms with Gasteiger partial charge >= 0.3 is 0 Å². The summed E-state index contributed by atoms with van der Waals surface area (Å²) < 4.78 is 26.2. The Hall–Kier alpha value is -0.960. The Morgan fingerprint density at radius 3 is 2.18 bits per heavy atom. The molecular weight excluding hydrogens is 220 g/mol. The van der Waals surface area contributed by atoms with E-state index in [2.05, 4.69) is 26.1 Å². The number of halogens is 2. The summed E-state index contributed by atoms with van der Waals surface area (Å²) in [4.78, 5) is 0. The maximum absolute atomic E-state index is 13.1. The van der Waals surface area contributed by atoms with E-state index in [1.807, 2.05) is 0 Å². The second kappa shape index (κ2) is 6.70. The first-order chi connectivity index (χ1) is 8.06. The molecule has 0 heterocycles. The first kappa shape index (κ1) is 14.1. The van der Waals surface area contributed by atoms with Crippen LogP contribution >= 0.6 is 0 Å². The minimum atomic E-state index is -0.494. The number of nitrogens with one attached hydrogen (secondary N) is 1. The smallest absolute Gasteiger partial charge is 0.126 e. The maximum atomic E-state index is 13.1. The fourth-order valence-electron chi connectivity index (χ4n) is 2.19. The minimum absolute atomic E-state index is 0.358. The molecule has 0 saturated carbocycles. The predicted octanol–water partition coefficient (Wildman–Crippen LogP) is 3.53. The van der Waals surface area contributed by atoms with Crippen molar-refractivity contribution in [2.45, 2.75) is 39.7 Å². The molecule has 1 N–H and O–H groups in total. The van der Waals surface area contributed by atoms with E-state index in [1.54, 1.807) is 0 Å². The Morgan fingerprint density at radius 2 is 1.71 bits per heavy atom. The molecule has 0 bridgehead atoms. The van der Waals surface area contributed by atoms with Gasteiger partial charge in [-0.3, -0.25) is 0 Å². The zero-order valence-corrected chi connectivity index (χ0v) is 10.8. The molecule has 0 radical (unpaired) electrons. The lowest BCUT2D eigenvalue weighted by Crippen LogP contribution is -2.34. The second-order valence-electron chi connectivity index (χ2n) is 4.50. The van der Waals surface area contributed by atoms with E-state index >= 15 is 0 Å². The molecule has 0 aliphatic heterocycles. The highest BCUT2D eigenvalue weighted by Crippen LogP contribution is 2.18. The van der Waals surface area contributed by atoms with Crippen molar-refractivity contribution in [2.24, 2.45) is 5.92 Å². The summed E-state index contributed by atoms with van der Waals surface area (Å²) in [5.41, 5.74) is 0.735. The van der Waals surface area contributed by atoms with Gasteiger partial charge in [-0.25, -0.2) is 8.78 Å². The lowest BCUT2D eigenvalue weighted by molar-refractivity contribution is 0.367. The number of benzene rings is 1. The normalized spacial score (nSPS) is 14.6. The fraction of sp³-hybridized carbons (Fsp3) is 0.571. The van der Waals surface area contributed by atoms with Crippen LogP contribution < -0.4 is 5.32 Å². The molecule has 0 aliphatic rings. The summed E-state index contributed by atoms with van der Waals surface area (Å²) >= 11 is 0. The molecule has 0 saturated heterocycles. The van der Waals surface area contributed by atoms with E-state index in [0.29, 0.717) is 18.4 Å². The summed E-state index contributed by atoms with van der Waals surface area (Å²) in [6, 6.07) is 4.11. The standard InChI is InChI=1S/C14H21F2N/c1-4-12(10(3)17-5-2)6-11-7-13(15)9-14(16)8-11/h7-10,12,17H,4-6H2,1-3H3. The molecule has 2 unspecified atom stereocenters. The monoisotopic (exact) mass is 241 g/mol. The Labute approximate surface area is 102 Å². The number of hydrogen-bond acceptors (Lipinski definition) is 1. The average Bonchev–Trinajstić information content (AvgIpc) is 2.24. The van der Waals surface area contributed by atoms with Crippen LogP contribution in [0, 0.1) is 17.6 Å². The third kappa shape index (κ3) is 4.43. The van der Waals surface area contributed by atoms with Crippen LogP contribution in [-0.2, 0) is 6.42 Å². The zero-order valence-electron chi connectivity index (χ0n) is 10.8. The van der Waals surface area contributed by atoms with Crippen molar-refractivity contribution in [3.8, 4) is 0 Å². The van der Waals surface area contributed by atoms with E-state index in [1.165, 1.54) is 12.1 Å². The molecule has 0 fully saturated rings. The van der Waals surface area contributed by atoms with Gasteiger partial charge in [-0.1, -0.05) is 20.3 Å². The maximum Gasteiger partial charge on any atom is 0.126 e. The Morgan fingerprint density at radius 1 is 1.12 bits per heavy atom. The predicted molar refractivity (Wildman–Crippen MR) is 67.0 cm³/mol. The van der Waals surface area contributed by atoms with Gasteiger partial charge in [0.25, 0.3) is 0 Å². The summed E-state index contributed by atoms with van der Waals surface area (Å²) in [6.07, 6.45) is 1.70. The van der Waals surface area contributed by atoms with Crippen molar-refractivity contribution in [3.05, 3.63) is 35.4 Å². The Bertz CT molecular complexity index is 332. The van der Waals surface area contributed by atoms with Gasteiger partial charge in [0.2, 0.25) is 0 Å². The van der Waals surface area contributed by atoms with E-state index in [9.17, 15) is 8.78 Å². The van der Waals surface area contributed by atoms with Crippen LogP contribution in [0.1, 0.15) is 32.8 Å². The molecule has 0 amide bonds. The molecule has 0 aliphatic carbocycles. The van der Waals surface area contributed by atoms with Crippen molar-refractivity contribution < 1.29 is 8.78 Å². The van der Waals surface area contributed by atoms with Crippen LogP contribution in [-0.4, -0.2) is 12.6 Å². The first-order valence-corrected chi connectivity index (χ1v) is 6.25. The molecule has 0 aromatic heterocycles. The third-order valence-electron chi connectivity index (χ3n) is 3.18. The highest BCUT2D eigenvalue weighted by Gasteiger charge is 2.15.